The molecule has 2 unspecified atom stereocenters. The summed E-state index contributed by atoms with van der Waals surface area (Å²) in [7, 11) is 0. The van der Waals surface area contributed by atoms with Crippen LogP contribution in [0.2, 0.25) is 5.02 Å². The van der Waals surface area contributed by atoms with Gasteiger partial charge in [0.1, 0.15) is 11.3 Å². The SMILES string of the molecule is Cc1nc2nc(-c3ccc(Cl)cc3F)cc(C3CCOC(c4cnn(C5CC5)c4)C3)c2nc1C. The highest BCUT2D eigenvalue weighted by atomic mass is 35.5. The molecular formula is C26H25ClFN5O. The predicted molar refractivity (Wildman–Crippen MR) is 128 cm³/mol. The molecule has 174 valence electrons. The van der Waals surface area contributed by atoms with E-state index in [4.69, 9.17) is 31.3 Å². The van der Waals surface area contributed by atoms with Gasteiger partial charge in [-0.1, -0.05) is 11.6 Å². The van der Waals surface area contributed by atoms with E-state index in [1.54, 1.807) is 12.1 Å². The van der Waals surface area contributed by atoms with Gasteiger partial charge in [0, 0.05) is 29.0 Å². The Hall–Kier alpha value is -2.90. The Balaban J connectivity index is 1.43. The lowest BCUT2D eigenvalue weighted by atomic mass is 9.86. The Morgan fingerprint density at radius 3 is 2.68 bits per heavy atom. The van der Waals surface area contributed by atoms with E-state index in [1.807, 2.05) is 26.1 Å². The molecule has 6 rings (SSSR count). The summed E-state index contributed by atoms with van der Waals surface area (Å²) in [4.78, 5) is 14.3. The molecule has 0 bridgehead atoms. The molecule has 0 amide bonds. The third kappa shape index (κ3) is 3.97. The van der Waals surface area contributed by atoms with Gasteiger partial charge in [-0.2, -0.15) is 5.10 Å². The lowest BCUT2D eigenvalue weighted by molar-refractivity contribution is 0.00540. The van der Waals surface area contributed by atoms with Crippen LogP contribution in [-0.2, 0) is 4.74 Å². The number of aryl methyl sites for hydroxylation is 2. The summed E-state index contributed by atoms with van der Waals surface area (Å²) >= 11 is 5.99. The van der Waals surface area contributed by atoms with Crippen molar-refractivity contribution in [1.82, 2.24) is 24.7 Å². The maximum Gasteiger partial charge on any atom is 0.179 e. The smallest absolute Gasteiger partial charge is 0.179 e. The van der Waals surface area contributed by atoms with Crippen LogP contribution in [0.3, 0.4) is 0 Å². The molecule has 1 saturated heterocycles. The number of fused-ring (bicyclic) bond motifs is 1. The molecule has 1 saturated carbocycles. The highest BCUT2D eigenvalue weighted by Crippen LogP contribution is 2.42. The van der Waals surface area contributed by atoms with Gasteiger partial charge in [-0.05, 0) is 75.3 Å². The van der Waals surface area contributed by atoms with E-state index in [0.717, 1.165) is 40.9 Å². The van der Waals surface area contributed by atoms with Crippen molar-refractivity contribution in [2.24, 2.45) is 0 Å². The van der Waals surface area contributed by atoms with Crippen LogP contribution in [0.5, 0.6) is 0 Å². The normalized spacial score (nSPS) is 20.7. The van der Waals surface area contributed by atoms with Crippen molar-refractivity contribution in [2.45, 2.75) is 57.6 Å². The van der Waals surface area contributed by atoms with Crippen LogP contribution < -0.4 is 0 Å². The van der Waals surface area contributed by atoms with Gasteiger partial charge in [-0.25, -0.2) is 19.3 Å². The quantitative estimate of drug-likeness (QED) is 0.346. The van der Waals surface area contributed by atoms with Crippen LogP contribution in [0.25, 0.3) is 22.4 Å². The summed E-state index contributed by atoms with van der Waals surface area (Å²) < 4.78 is 23.0. The lowest BCUT2D eigenvalue weighted by Gasteiger charge is -2.30. The van der Waals surface area contributed by atoms with Crippen LogP contribution in [0, 0.1) is 19.7 Å². The Morgan fingerprint density at radius 2 is 1.88 bits per heavy atom. The minimum absolute atomic E-state index is 0.0373. The van der Waals surface area contributed by atoms with Crippen molar-refractivity contribution in [3.63, 3.8) is 0 Å². The van der Waals surface area contributed by atoms with Crippen molar-refractivity contribution in [3.8, 4) is 11.3 Å². The molecule has 1 aliphatic heterocycles. The van der Waals surface area contributed by atoms with Crippen molar-refractivity contribution in [2.75, 3.05) is 6.61 Å². The van der Waals surface area contributed by atoms with Crippen LogP contribution in [-0.4, -0.2) is 31.3 Å². The summed E-state index contributed by atoms with van der Waals surface area (Å²) in [5.74, 6) is -0.224. The van der Waals surface area contributed by atoms with E-state index in [2.05, 4.69) is 16.0 Å². The van der Waals surface area contributed by atoms with E-state index in [-0.39, 0.29) is 12.0 Å². The first-order valence-corrected chi connectivity index (χ1v) is 12.1. The van der Waals surface area contributed by atoms with E-state index >= 15 is 0 Å². The number of halogens is 2. The predicted octanol–water partition coefficient (Wildman–Crippen LogP) is 6.27. The van der Waals surface area contributed by atoms with Gasteiger partial charge >= 0.3 is 0 Å². The Kier molecular flexibility index (Phi) is 5.34. The fourth-order valence-corrected chi connectivity index (χ4v) is 4.90. The maximum absolute atomic E-state index is 14.8. The number of rotatable bonds is 4. The topological polar surface area (TPSA) is 65.7 Å². The first kappa shape index (κ1) is 21.6. The molecule has 1 aromatic carbocycles. The summed E-state index contributed by atoms with van der Waals surface area (Å²) in [5.41, 5.74) is 6.09. The zero-order valence-electron chi connectivity index (χ0n) is 19.1. The number of nitrogens with zero attached hydrogens (tertiary/aromatic N) is 5. The Bertz CT molecular complexity index is 1400. The summed E-state index contributed by atoms with van der Waals surface area (Å²) in [6.07, 6.45) is 8.05. The fraction of sp³-hybridized carbons (Fsp3) is 0.385. The number of aromatic nitrogens is 5. The van der Waals surface area contributed by atoms with Crippen molar-refractivity contribution < 1.29 is 9.13 Å². The second-order valence-electron chi connectivity index (χ2n) is 9.35. The van der Waals surface area contributed by atoms with E-state index < -0.39 is 5.82 Å². The average molecular weight is 478 g/mol. The molecule has 2 atom stereocenters. The molecule has 8 heteroatoms. The number of hydrogen-bond acceptors (Lipinski definition) is 5. The average Bonchev–Trinajstić information content (AvgIpc) is 3.56. The highest BCUT2D eigenvalue weighted by Gasteiger charge is 2.30. The molecule has 4 aromatic rings. The summed E-state index contributed by atoms with van der Waals surface area (Å²) in [6.45, 7) is 4.51. The van der Waals surface area contributed by atoms with Gasteiger partial charge in [0.25, 0.3) is 0 Å². The standard InChI is InChI=1S/C26H25ClFN5O/c1-14-15(2)31-26-25(30-14)21(11-23(32-26)20-6-3-18(27)10-22(20)28)16-7-8-34-24(9-16)17-12-29-33(13-17)19-4-5-19/h3,6,10-13,16,19,24H,4-5,7-9H2,1-2H3. The molecular weight excluding hydrogens is 453 g/mol. The van der Waals surface area contributed by atoms with Gasteiger partial charge in [0.2, 0.25) is 0 Å². The molecule has 2 fully saturated rings. The van der Waals surface area contributed by atoms with Crippen LogP contribution in [0.15, 0.2) is 36.7 Å². The molecule has 0 spiro atoms. The molecule has 2 aliphatic rings. The van der Waals surface area contributed by atoms with Crippen LogP contribution in [0.1, 0.15) is 66.3 Å². The van der Waals surface area contributed by atoms with Gasteiger partial charge in [-0.3, -0.25) is 4.68 Å². The highest BCUT2D eigenvalue weighted by molar-refractivity contribution is 6.30. The Labute approximate surface area is 202 Å². The molecule has 4 heterocycles. The van der Waals surface area contributed by atoms with Crippen LogP contribution >= 0.6 is 11.6 Å². The zero-order valence-corrected chi connectivity index (χ0v) is 19.9. The second kappa shape index (κ2) is 8.40. The number of benzene rings is 1. The molecule has 1 aliphatic carbocycles. The van der Waals surface area contributed by atoms with Gasteiger partial charge in [0.05, 0.1) is 35.4 Å². The maximum atomic E-state index is 14.8. The first-order valence-electron chi connectivity index (χ1n) is 11.7. The molecule has 0 N–H and O–H groups in total. The lowest BCUT2D eigenvalue weighted by Crippen LogP contribution is -2.19. The van der Waals surface area contributed by atoms with E-state index in [1.165, 1.54) is 18.9 Å². The fourth-order valence-electron chi connectivity index (χ4n) is 4.74. The number of ether oxygens (including phenoxy) is 1. The Morgan fingerprint density at radius 1 is 1.06 bits per heavy atom. The van der Waals surface area contributed by atoms with Crippen LogP contribution in [0.4, 0.5) is 4.39 Å². The summed E-state index contributed by atoms with van der Waals surface area (Å²) in [5, 5.41) is 4.90. The third-order valence-corrected chi connectivity index (χ3v) is 7.16. The van der Waals surface area contributed by atoms with Crippen molar-refractivity contribution >= 4 is 22.8 Å². The largest absolute Gasteiger partial charge is 0.373 e. The van der Waals surface area contributed by atoms with Gasteiger partial charge in [0.15, 0.2) is 5.65 Å². The van der Waals surface area contributed by atoms with Crippen molar-refractivity contribution in [3.05, 3.63) is 70.0 Å². The third-order valence-electron chi connectivity index (χ3n) is 6.93. The van der Waals surface area contributed by atoms with Crippen molar-refractivity contribution in [1.29, 1.82) is 0 Å². The number of hydrogen-bond donors (Lipinski definition) is 0. The molecule has 34 heavy (non-hydrogen) atoms. The molecule has 0 radical (unpaired) electrons. The molecule has 3 aromatic heterocycles. The zero-order chi connectivity index (χ0) is 23.4. The minimum Gasteiger partial charge on any atom is -0.373 e. The van der Waals surface area contributed by atoms with E-state index in [9.17, 15) is 4.39 Å². The van der Waals surface area contributed by atoms with E-state index in [0.29, 0.717) is 34.6 Å². The number of pyridine rings is 1. The molecule has 6 nitrogen and oxygen atoms in total. The van der Waals surface area contributed by atoms with Gasteiger partial charge in [-0.15, -0.1) is 0 Å². The second-order valence-corrected chi connectivity index (χ2v) is 9.79. The monoisotopic (exact) mass is 477 g/mol. The van der Waals surface area contributed by atoms with Gasteiger partial charge < -0.3 is 4.74 Å². The summed E-state index contributed by atoms with van der Waals surface area (Å²) in [6, 6.07) is 7.17. The minimum atomic E-state index is -0.403. The first-order chi connectivity index (χ1) is 16.5.